The number of alkyl halides is 3. The third-order valence-electron chi connectivity index (χ3n) is 6.69. The zero-order valence-electron chi connectivity index (χ0n) is 19.0. The molecule has 0 bridgehead atoms. The number of nitrogens with zero attached hydrogens (tertiary/aromatic N) is 2. The number of anilines is 1. The molecule has 4 aromatic rings. The molecule has 0 saturated heterocycles. The zero-order valence-corrected chi connectivity index (χ0v) is 19.0. The predicted molar refractivity (Wildman–Crippen MR) is 129 cm³/mol. The largest absolute Gasteiger partial charge is 0.416 e. The number of carbonyl (C=O) groups is 1. The van der Waals surface area contributed by atoms with Gasteiger partial charge in [0.15, 0.2) is 0 Å². The average molecular weight is 482 g/mol. The fourth-order valence-electron chi connectivity index (χ4n) is 4.77. The lowest BCUT2D eigenvalue weighted by Crippen LogP contribution is -2.44. The van der Waals surface area contributed by atoms with E-state index in [1.165, 1.54) is 23.2 Å². The molecule has 182 valence electrons. The molecule has 1 aliphatic carbocycles. The standard InChI is InChI=1S/C26H26F3N5O/c27-26(28,29)19-5-7-20(8-6-19)34-16-18(14-32-34)17-4-9-22-21(12-17)23(15-31-22)33-24(35)13-25(30)10-2-1-3-11-25/h4-9,12,14-16,31H,1-3,10-11,13,30H2,(H,33,35). The third-order valence-corrected chi connectivity index (χ3v) is 6.69. The molecule has 0 spiro atoms. The maximum absolute atomic E-state index is 12.8. The molecule has 1 aliphatic rings. The number of rotatable bonds is 5. The van der Waals surface area contributed by atoms with Crippen LogP contribution in [0.3, 0.4) is 0 Å². The molecule has 0 unspecified atom stereocenters. The van der Waals surface area contributed by atoms with E-state index in [0.29, 0.717) is 17.8 Å². The first-order valence-corrected chi connectivity index (χ1v) is 11.6. The van der Waals surface area contributed by atoms with Crippen molar-refractivity contribution in [3.05, 3.63) is 66.6 Å². The van der Waals surface area contributed by atoms with E-state index in [0.717, 1.165) is 59.8 Å². The van der Waals surface area contributed by atoms with Crippen LogP contribution >= 0.6 is 0 Å². The van der Waals surface area contributed by atoms with Crippen LogP contribution in [0.25, 0.3) is 27.7 Å². The topological polar surface area (TPSA) is 88.7 Å². The maximum atomic E-state index is 12.8. The summed E-state index contributed by atoms with van der Waals surface area (Å²) in [6, 6.07) is 10.6. The van der Waals surface area contributed by atoms with Crippen molar-refractivity contribution in [3.63, 3.8) is 0 Å². The van der Waals surface area contributed by atoms with E-state index in [2.05, 4.69) is 15.4 Å². The average Bonchev–Trinajstić information content (AvgIpc) is 3.46. The maximum Gasteiger partial charge on any atom is 0.416 e. The second kappa shape index (κ2) is 8.88. The van der Waals surface area contributed by atoms with Gasteiger partial charge in [0, 0.05) is 40.8 Å². The number of carbonyl (C=O) groups excluding carboxylic acids is 1. The molecular formula is C26H26F3N5O. The highest BCUT2D eigenvalue weighted by Crippen LogP contribution is 2.32. The van der Waals surface area contributed by atoms with E-state index in [1.54, 1.807) is 18.6 Å². The summed E-state index contributed by atoms with van der Waals surface area (Å²) in [4.78, 5) is 15.9. The van der Waals surface area contributed by atoms with Gasteiger partial charge < -0.3 is 16.0 Å². The molecule has 4 N–H and O–H groups in total. The van der Waals surface area contributed by atoms with Crippen LogP contribution in [0.5, 0.6) is 0 Å². The van der Waals surface area contributed by atoms with Crippen LogP contribution in [0.15, 0.2) is 61.1 Å². The minimum atomic E-state index is -4.38. The fourth-order valence-corrected chi connectivity index (χ4v) is 4.77. The summed E-state index contributed by atoms with van der Waals surface area (Å²) >= 11 is 0. The van der Waals surface area contributed by atoms with Gasteiger partial charge in [0.1, 0.15) is 0 Å². The summed E-state index contributed by atoms with van der Waals surface area (Å²) < 4.78 is 40.0. The molecule has 6 nitrogen and oxygen atoms in total. The molecule has 1 saturated carbocycles. The van der Waals surface area contributed by atoms with E-state index in [9.17, 15) is 18.0 Å². The first kappa shape index (κ1) is 23.2. The molecule has 2 aromatic heterocycles. The Morgan fingerprint density at radius 2 is 1.83 bits per heavy atom. The molecule has 1 fully saturated rings. The minimum absolute atomic E-state index is 0.101. The van der Waals surface area contributed by atoms with Gasteiger partial charge in [0.05, 0.1) is 23.1 Å². The Morgan fingerprint density at radius 3 is 2.54 bits per heavy atom. The fraction of sp³-hybridized carbons (Fsp3) is 0.308. The van der Waals surface area contributed by atoms with Crippen molar-refractivity contribution in [3.8, 4) is 16.8 Å². The van der Waals surface area contributed by atoms with E-state index in [-0.39, 0.29) is 5.91 Å². The molecule has 5 rings (SSSR count). The molecule has 0 atom stereocenters. The van der Waals surface area contributed by atoms with Crippen LogP contribution in [0.4, 0.5) is 18.9 Å². The minimum Gasteiger partial charge on any atom is -0.359 e. The summed E-state index contributed by atoms with van der Waals surface area (Å²) in [5.74, 6) is -0.101. The van der Waals surface area contributed by atoms with Crippen molar-refractivity contribution in [2.24, 2.45) is 5.73 Å². The highest BCUT2D eigenvalue weighted by Gasteiger charge is 2.31. The second-order valence-corrected chi connectivity index (χ2v) is 9.33. The number of aromatic amines is 1. The monoisotopic (exact) mass is 481 g/mol. The predicted octanol–water partition coefficient (Wildman–Crippen LogP) is 6.03. The van der Waals surface area contributed by atoms with Gasteiger partial charge in [0.25, 0.3) is 0 Å². The van der Waals surface area contributed by atoms with E-state index >= 15 is 0 Å². The highest BCUT2D eigenvalue weighted by molar-refractivity contribution is 6.03. The first-order valence-electron chi connectivity index (χ1n) is 11.6. The lowest BCUT2D eigenvalue weighted by Gasteiger charge is -2.32. The second-order valence-electron chi connectivity index (χ2n) is 9.33. The number of halogens is 3. The van der Waals surface area contributed by atoms with Crippen molar-refractivity contribution in [1.82, 2.24) is 14.8 Å². The molecule has 9 heteroatoms. The lowest BCUT2D eigenvalue weighted by molar-refractivity contribution is -0.137. The summed E-state index contributed by atoms with van der Waals surface area (Å²) in [7, 11) is 0. The summed E-state index contributed by atoms with van der Waals surface area (Å²) in [6.45, 7) is 0. The van der Waals surface area contributed by atoms with Gasteiger partial charge >= 0.3 is 6.18 Å². The summed E-state index contributed by atoms with van der Waals surface area (Å²) in [6.07, 6.45) is 6.10. The Kier molecular flexibility index (Phi) is 5.88. The van der Waals surface area contributed by atoms with Crippen molar-refractivity contribution in [2.75, 3.05) is 5.32 Å². The van der Waals surface area contributed by atoms with Crippen molar-refractivity contribution < 1.29 is 18.0 Å². The number of benzene rings is 2. The number of nitrogens with two attached hydrogens (primary N) is 1. The van der Waals surface area contributed by atoms with E-state index < -0.39 is 17.3 Å². The number of amides is 1. The number of hydrogen-bond donors (Lipinski definition) is 3. The van der Waals surface area contributed by atoms with Crippen LogP contribution in [0.2, 0.25) is 0 Å². The Balaban J connectivity index is 1.35. The SMILES string of the molecule is NC1(CC(=O)Nc2c[nH]c3ccc(-c4cnn(-c5ccc(C(F)(F)F)cc5)c4)cc23)CCCCC1. The quantitative estimate of drug-likeness (QED) is 0.325. The molecule has 0 aliphatic heterocycles. The number of fused-ring (bicyclic) bond motifs is 1. The molecule has 1 amide bonds. The molecule has 2 aromatic carbocycles. The Morgan fingerprint density at radius 1 is 1.09 bits per heavy atom. The molecular weight excluding hydrogens is 455 g/mol. The van der Waals surface area contributed by atoms with E-state index in [1.807, 2.05) is 18.2 Å². The van der Waals surface area contributed by atoms with Gasteiger partial charge in [-0.3, -0.25) is 4.79 Å². The molecule has 2 heterocycles. The van der Waals surface area contributed by atoms with Gasteiger partial charge in [-0.25, -0.2) is 4.68 Å². The van der Waals surface area contributed by atoms with Crippen LogP contribution in [0, 0.1) is 0 Å². The lowest BCUT2D eigenvalue weighted by atomic mass is 9.80. The Bertz CT molecular complexity index is 1350. The molecule has 0 radical (unpaired) electrons. The van der Waals surface area contributed by atoms with Gasteiger partial charge in [-0.2, -0.15) is 18.3 Å². The Hall–Kier alpha value is -3.59. The number of nitrogens with one attached hydrogen (secondary N) is 2. The number of hydrogen-bond acceptors (Lipinski definition) is 3. The third kappa shape index (κ3) is 4.95. The van der Waals surface area contributed by atoms with Crippen LogP contribution < -0.4 is 11.1 Å². The van der Waals surface area contributed by atoms with Gasteiger partial charge in [0.2, 0.25) is 5.91 Å². The van der Waals surface area contributed by atoms with Crippen molar-refractivity contribution in [2.45, 2.75) is 50.2 Å². The Labute approximate surface area is 200 Å². The van der Waals surface area contributed by atoms with Gasteiger partial charge in [-0.15, -0.1) is 0 Å². The summed E-state index contributed by atoms with van der Waals surface area (Å²) in [5.41, 5.74) is 9.06. The number of aromatic nitrogens is 3. The highest BCUT2D eigenvalue weighted by atomic mass is 19.4. The first-order chi connectivity index (χ1) is 16.7. The van der Waals surface area contributed by atoms with Gasteiger partial charge in [-0.05, 0) is 54.8 Å². The summed E-state index contributed by atoms with van der Waals surface area (Å²) in [5, 5.41) is 8.17. The smallest absolute Gasteiger partial charge is 0.359 e. The van der Waals surface area contributed by atoms with Gasteiger partial charge in [-0.1, -0.05) is 25.3 Å². The zero-order chi connectivity index (χ0) is 24.6. The number of H-pyrrole nitrogens is 1. The van der Waals surface area contributed by atoms with Crippen LogP contribution in [0.1, 0.15) is 44.1 Å². The van der Waals surface area contributed by atoms with E-state index in [4.69, 9.17) is 5.73 Å². The van der Waals surface area contributed by atoms with Crippen LogP contribution in [-0.2, 0) is 11.0 Å². The van der Waals surface area contributed by atoms with Crippen molar-refractivity contribution in [1.29, 1.82) is 0 Å². The van der Waals surface area contributed by atoms with Crippen LogP contribution in [-0.4, -0.2) is 26.2 Å². The normalized spacial score (nSPS) is 15.9. The molecule has 35 heavy (non-hydrogen) atoms. The van der Waals surface area contributed by atoms with Crippen molar-refractivity contribution >= 4 is 22.5 Å².